The molecule has 156 valence electrons. The minimum absolute atomic E-state index is 0.360. The van der Waals surface area contributed by atoms with Crippen molar-refractivity contribution in [1.82, 2.24) is 0 Å². The lowest BCUT2D eigenvalue weighted by atomic mass is 10.1. The van der Waals surface area contributed by atoms with Gasteiger partial charge in [-0.05, 0) is 19.3 Å². The molecule has 2 atom stereocenters. The second kappa shape index (κ2) is 13.2. The number of quaternary nitrogens is 1. The molecule has 1 aliphatic rings. The van der Waals surface area contributed by atoms with Crippen molar-refractivity contribution in [3.63, 3.8) is 0 Å². The average Bonchev–Trinajstić information content (AvgIpc) is 3.04. The van der Waals surface area contributed by atoms with E-state index in [0.717, 1.165) is 16.9 Å². The Labute approximate surface area is 163 Å². The maximum atomic E-state index is 9.52. The van der Waals surface area contributed by atoms with Crippen LogP contribution < -0.4 is 0 Å². The van der Waals surface area contributed by atoms with Gasteiger partial charge >= 0.3 is 8.80 Å². The first-order valence-corrected chi connectivity index (χ1v) is 12.6. The molecule has 0 radical (unpaired) electrons. The summed E-state index contributed by atoms with van der Waals surface area (Å²) < 4.78 is 17.5. The van der Waals surface area contributed by atoms with Gasteiger partial charge in [0.15, 0.2) is 0 Å². The molecule has 1 rings (SSSR count). The van der Waals surface area contributed by atoms with Crippen LogP contribution in [0.2, 0.25) is 6.04 Å². The second-order valence-corrected chi connectivity index (χ2v) is 11.2. The summed E-state index contributed by atoms with van der Waals surface area (Å²) in [5, 5.41) is 9.52. The number of unbranched alkanes of at least 4 members (excludes halogenated alkanes) is 8. The van der Waals surface area contributed by atoms with Crippen LogP contribution in [0.4, 0.5) is 0 Å². The van der Waals surface area contributed by atoms with E-state index < -0.39 is 8.80 Å². The van der Waals surface area contributed by atoms with Crippen LogP contribution in [0.1, 0.15) is 70.6 Å². The van der Waals surface area contributed by atoms with Crippen LogP contribution in [-0.2, 0) is 13.3 Å². The molecule has 26 heavy (non-hydrogen) atoms. The number of hydrogen-bond acceptors (Lipinski definition) is 4. The highest BCUT2D eigenvalue weighted by molar-refractivity contribution is 6.60. The molecule has 5 nitrogen and oxygen atoms in total. The van der Waals surface area contributed by atoms with Crippen molar-refractivity contribution in [2.24, 2.45) is 0 Å². The summed E-state index contributed by atoms with van der Waals surface area (Å²) in [6.45, 7) is 2.86. The van der Waals surface area contributed by atoms with Gasteiger partial charge in [-0.2, -0.15) is 0 Å². The Hall–Kier alpha value is 0.0169. The van der Waals surface area contributed by atoms with E-state index in [4.69, 9.17) is 13.3 Å². The van der Waals surface area contributed by atoms with Crippen molar-refractivity contribution in [3.8, 4) is 0 Å². The maximum Gasteiger partial charge on any atom is 0.500 e. The van der Waals surface area contributed by atoms with Gasteiger partial charge in [0, 0.05) is 40.2 Å². The normalized spacial score (nSPS) is 23.7. The third kappa shape index (κ3) is 7.95. The second-order valence-electron chi connectivity index (χ2n) is 8.13. The Bertz CT molecular complexity index is 346. The van der Waals surface area contributed by atoms with Crippen molar-refractivity contribution in [3.05, 3.63) is 0 Å². The lowest BCUT2D eigenvalue weighted by Crippen LogP contribution is -2.50. The van der Waals surface area contributed by atoms with Crippen molar-refractivity contribution in [2.45, 2.75) is 82.7 Å². The quantitative estimate of drug-likeness (QED) is 0.246. The molecule has 0 aromatic carbocycles. The zero-order chi connectivity index (χ0) is 19.3. The topological polar surface area (TPSA) is 47.9 Å². The lowest BCUT2D eigenvalue weighted by molar-refractivity contribution is -0.921. The van der Waals surface area contributed by atoms with E-state index in [2.05, 4.69) is 7.05 Å². The molecule has 1 N–H and O–H groups in total. The average molecular weight is 391 g/mol. The number of rotatable bonds is 16. The molecule has 0 aromatic heterocycles. The number of likely N-dealkylation sites (tertiary alicyclic amines) is 1. The molecule has 0 amide bonds. The molecular formula is C20H44NO4Si+. The molecule has 6 heteroatoms. The Morgan fingerprint density at radius 1 is 0.846 bits per heavy atom. The first kappa shape index (κ1) is 24.1. The molecule has 1 heterocycles. The summed E-state index contributed by atoms with van der Waals surface area (Å²) >= 11 is 0. The van der Waals surface area contributed by atoms with Crippen molar-refractivity contribution >= 4 is 8.80 Å². The summed E-state index contributed by atoms with van der Waals surface area (Å²) in [4.78, 5) is 0. The van der Waals surface area contributed by atoms with Crippen LogP contribution in [0.25, 0.3) is 0 Å². The summed E-state index contributed by atoms with van der Waals surface area (Å²) in [5.41, 5.74) is 0. The Morgan fingerprint density at radius 2 is 1.35 bits per heavy atom. The SMILES string of the molecule is CO[Si](CCCCCCCCCCC[N+]1(C)CCC[C@H]1CO)(OC)OC. The molecular weight excluding hydrogens is 346 g/mol. The maximum absolute atomic E-state index is 9.52. The van der Waals surface area contributed by atoms with E-state index in [-0.39, 0.29) is 0 Å². The minimum atomic E-state index is -2.35. The fourth-order valence-corrected chi connectivity index (χ4v) is 6.17. The van der Waals surface area contributed by atoms with E-state index in [1.54, 1.807) is 21.3 Å². The van der Waals surface area contributed by atoms with Crippen molar-refractivity contribution in [2.75, 3.05) is 48.1 Å². The Morgan fingerprint density at radius 3 is 1.85 bits per heavy atom. The third-order valence-corrected chi connectivity index (χ3v) is 9.22. The highest BCUT2D eigenvalue weighted by Crippen LogP contribution is 2.25. The predicted molar refractivity (Wildman–Crippen MR) is 109 cm³/mol. The van der Waals surface area contributed by atoms with E-state index in [0.29, 0.717) is 12.6 Å². The molecule has 0 aliphatic carbocycles. The molecule has 0 saturated carbocycles. The smallest absolute Gasteiger partial charge is 0.390 e. The van der Waals surface area contributed by atoms with Gasteiger partial charge in [-0.3, -0.25) is 0 Å². The Balaban J connectivity index is 1.94. The van der Waals surface area contributed by atoms with E-state index >= 15 is 0 Å². The minimum Gasteiger partial charge on any atom is -0.390 e. The van der Waals surface area contributed by atoms with Crippen LogP contribution in [-0.4, -0.2) is 72.5 Å². The Kier molecular flexibility index (Phi) is 12.2. The summed E-state index contributed by atoms with van der Waals surface area (Å²) in [6, 6.07) is 1.41. The van der Waals surface area contributed by atoms with Crippen LogP contribution in [0.15, 0.2) is 0 Å². The van der Waals surface area contributed by atoms with Gasteiger partial charge in [0.25, 0.3) is 0 Å². The zero-order valence-electron chi connectivity index (χ0n) is 17.8. The fraction of sp³-hybridized carbons (Fsp3) is 1.00. The monoisotopic (exact) mass is 390 g/mol. The molecule has 1 aliphatic heterocycles. The number of likely N-dealkylation sites (N-methyl/N-ethyl adjacent to an activating group) is 1. The first-order chi connectivity index (χ1) is 12.6. The summed E-state index contributed by atoms with van der Waals surface area (Å²) in [5.74, 6) is 0. The van der Waals surface area contributed by atoms with Crippen LogP contribution >= 0.6 is 0 Å². The molecule has 0 spiro atoms. The predicted octanol–water partition coefficient (Wildman–Crippen LogP) is 3.98. The van der Waals surface area contributed by atoms with Crippen LogP contribution in [0, 0.1) is 0 Å². The van der Waals surface area contributed by atoms with Crippen molar-refractivity contribution < 1.29 is 22.9 Å². The van der Waals surface area contributed by atoms with Gasteiger partial charge in [-0.1, -0.05) is 38.5 Å². The standard InChI is InChI=1S/C20H44NO4Si/c1-21(17-14-15-20(21)19-22)16-12-10-8-6-5-7-9-11-13-18-26(23-2,24-3)25-4/h20,22H,5-19H2,1-4H3/q+1/t20-,21?/m0/s1. The fourth-order valence-electron chi connectivity index (χ4n) is 4.37. The van der Waals surface area contributed by atoms with E-state index in [9.17, 15) is 5.11 Å². The van der Waals surface area contributed by atoms with Crippen LogP contribution in [0.3, 0.4) is 0 Å². The van der Waals surface area contributed by atoms with Gasteiger partial charge in [-0.15, -0.1) is 0 Å². The summed E-state index contributed by atoms with van der Waals surface area (Å²) in [7, 11) is 5.05. The molecule has 1 saturated heterocycles. The van der Waals surface area contributed by atoms with Gasteiger partial charge < -0.3 is 22.9 Å². The van der Waals surface area contributed by atoms with Gasteiger partial charge in [0.2, 0.25) is 0 Å². The van der Waals surface area contributed by atoms with Gasteiger partial charge in [0.1, 0.15) is 6.04 Å². The van der Waals surface area contributed by atoms with Gasteiger partial charge in [-0.25, -0.2) is 0 Å². The van der Waals surface area contributed by atoms with Gasteiger partial charge in [0.05, 0.1) is 26.7 Å². The number of hydrogen-bond donors (Lipinski definition) is 1. The molecule has 0 bridgehead atoms. The number of aliphatic hydroxyl groups excluding tert-OH is 1. The molecule has 1 fully saturated rings. The lowest BCUT2D eigenvalue weighted by Gasteiger charge is -2.35. The highest BCUT2D eigenvalue weighted by Gasteiger charge is 2.37. The third-order valence-electron chi connectivity index (χ3n) is 6.38. The van der Waals surface area contributed by atoms with Crippen LogP contribution in [0.5, 0.6) is 0 Å². The summed E-state index contributed by atoms with van der Waals surface area (Å²) in [6.07, 6.45) is 14.2. The molecule has 0 aromatic rings. The number of nitrogens with zero attached hydrogens (tertiary/aromatic N) is 1. The zero-order valence-corrected chi connectivity index (χ0v) is 18.8. The highest BCUT2D eigenvalue weighted by atomic mass is 28.4. The van der Waals surface area contributed by atoms with E-state index in [1.807, 2.05) is 0 Å². The molecule has 1 unspecified atom stereocenters. The number of aliphatic hydroxyl groups is 1. The van der Waals surface area contributed by atoms with Crippen molar-refractivity contribution in [1.29, 1.82) is 0 Å². The van der Waals surface area contributed by atoms with E-state index in [1.165, 1.54) is 77.3 Å². The largest absolute Gasteiger partial charge is 0.500 e. The first-order valence-electron chi connectivity index (χ1n) is 10.7.